The Labute approximate surface area is 96.3 Å². The van der Waals surface area contributed by atoms with Gasteiger partial charge in [0.1, 0.15) is 6.54 Å². The zero-order valence-electron chi connectivity index (χ0n) is 7.98. The van der Waals surface area contributed by atoms with E-state index in [0.29, 0.717) is 0 Å². The molecule has 0 N–H and O–H groups in total. The van der Waals surface area contributed by atoms with Crippen LogP contribution in [0.2, 0.25) is 0 Å². The van der Waals surface area contributed by atoms with Crippen molar-refractivity contribution < 1.29 is 26.7 Å². The monoisotopic (exact) mass is 274 g/mol. The van der Waals surface area contributed by atoms with E-state index in [1.54, 1.807) is 0 Å². The lowest BCUT2D eigenvalue weighted by molar-refractivity contribution is -0.108. The van der Waals surface area contributed by atoms with Crippen LogP contribution in [0.1, 0.15) is 0 Å². The highest BCUT2D eigenvalue weighted by molar-refractivity contribution is 6.26. The molecule has 0 amide bonds. The van der Waals surface area contributed by atoms with Crippen molar-refractivity contribution in [3.63, 3.8) is 0 Å². The van der Waals surface area contributed by atoms with Crippen molar-refractivity contribution in [1.82, 2.24) is 0 Å². The van der Waals surface area contributed by atoms with Gasteiger partial charge in [-0.05, 0) is 0 Å². The average molecular weight is 275 g/mol. The molecule has 0 aromatic carbocycles. The lowest BCUT2D eigenvalue weighted by Gasteiger charge is -2.41. The molecule has 9 heteroatoms. The van der Waals surface area contributed by atoms with Crippen LogP contribution in [-0.4, -0.2) is 35.3 Å². The number of rotatable bonds is 0. The van der Waals surface area contributed by atoms with Gasteiger partial charge in [0, 0.05) is 0 Å². The maximum Gasteiger partial charge on any atom is 0.296 e. The van der Waals surface area contributed by atoms with Gasteiger partial charge in [0.2, 0.25) is 11.3 Å². The fraction of sp³-hybridized carbons (Fsp3) is 0.750. The lowest BCUT2D eigenvalue weighted by Crippen LogP contribution is -2.66. The van der Waals surface area contributed by atoms with Crippen molar-refractivity contribution in [3.05, 3.63) is 11.7 Å². The first kappa shape index (κ1) is 11.3. The minimum Gasteiger partial charge on any atom is -0.359 e. The number of nitrogens with zero attached hydrogens (tertiary/aromatic N) is 2. The third kappa shape index (κ3) is 0.875. The van der Waals surface area contributed by atoms with Gasteiger partial charge < -0.3 is 4.74 Å². The molecule has 1 saturated heterocycles. The Morgan fingerprint density at radius 3 is 2.29 bits per heavy atom. The minimum atomic E-state index is -3.63. The van der Waals surface area contributed by atoms with Crippen LogP contribution in [0.25, 0.3) is 0 Å². The topological polar surface area (TPSA) is 37.2 Å². The van der Waals surface area contributed by atoms with E-state index in [1.807, 2.05) is 0 Å². The van der Waals surface area contributed by atoms with Gasteiger partial charge in [0.25, 0.3) is 10.9 Å². The van der Waals surface area contributed by atoms with E-state index in [1.165, 1.54) is 0 Å². The maximum atomic E-state index is 14.4. The van der Waals surface area contributed by atoms with Crippen molar-refractivity contribution >= 4 is 11.6 Å². The predicted octanol–water partition coefficient (Wildman–Crippen LogP) is 2.66. The molecule has 2 heterocycles. The van der Waals surface area contributed by atoms with Gasteiger partial charge in [-0.1, -0.05) is 11.6 Å². The fourth-order valence-electron chi connectivity index (χ4n) is 2.17. The molecule has 0 aromatic heterocycles. The first-order valence-corrected chi connectivity index (χ1v) is 4.95. The highest BCUT2D eigenvalue weighted by Gasteiger charge is 2.89. The largest absolute Gasteiger partial charge is 0.359 e. The van der Waals surface area contributed by atoms with Crippen LogP contribution in [-0.2, 0) is 4.74 Å². The third-order valence-electron chi connectivity index (χ3n) is 3.31. The number of azo groups is 1. The SMILES string of the molecule is FC1=C(F)[C@@]2(F)CN=N[C@@]2(F)C2(CO2)C1(F)Cl. The Morgan fingerprint density at radius 2 is 1.76 bits per heavy atom. The number of hydrogen-bond donors (Lipinski definition) is 0. The number of alkyl halides is 4. The molecule has 2 unspecified atom stereocenters. The van der Waals surface area contributed by atoms with Crippen molar-refractivity contribution in [2.45, 2.75) is 22.2 Å². The summed E-state index contributed by atoms with van der Waals surface area (Å²) in [6, 6.07) is 0. The molecule has 1 aliphatic carbocycles. The van der Waals surface area contributed by atoms with Crippen LogP contribution < -0.4 is 0 Å². The van der Waals surface area contributed by atoms with E-state index < -0.39 is 47.0 Å². The van der Waals surface area contributed by atoms with Crippen LogP contribution in [0.4, 0.5) is 22.0 Å². The summed E-state index contributed by atoms with van der Waals surface area (Å²) >= 11 is 5.12. The van der Waals surface area contributed by atoms with Crippen LogP contribution in [0.15, 0.2) is 21.9 Å². The van der Waals surface area contributed by atoms with Crippen LogP contribution in [0.3, 0.4) is 0 Å². The zero-order chi connectivity index (χ0) is 12.7. The van der Waals surface area contributed by atoms with E-state index >= 15 is 0 Å². The van der Waals surface area contributed by atoms with Crippen LogP contribution in [0.5, 0.6) is 0 Å². The van der Waals surface area contributed by atoms with Crippen LogP contribution in [0, 0.1) is 0 Å². The summed E-state index contributed by atoms with van der Waals surface area (Å²) in [6.45, 7) is -1.80. The van der Waals surface area contributed by atoms with Gasteiger partial charge in [0.15, 0.2) is 11.7 Å². The van der Waals surface area contributed by atoms with Crippen molar-refractivity contribution in [3.8, 4) is 0 Å². The van der Waals surface area contributed by atoms with Crippen molar-refractivity contribution in [2.24, 2.45) is 10.2 Å². The van der Waals surface area contributed by atoms with Crippen LogP contribution >= 0.6 is 11.6 Å². The second kappa shape index (κ2) is 2.64. The second-order valence-corrected chi connectivity index (χ2v) is 4.66. The quantitative estimate of drug-likeness (QED) is 0.290. The Bertz CT molecular complexity index is 477. The Kier molecular flexibility index (Phi) is 1.76. The number of epoxide rings is 1. The molecule has 1 spiro atoms. The standard InChI is InChI=1S/C8H4ClF5N2O/c9-7(13)4(11)3(10)5(12)1-15-16-8(5,14)6(7)2-17-6/h1-2H2/t5-,6?,7?,8+/m0/s1. The summed E-state index contributed by atoms with van der Waals surface area (Å²) in [7, 11) is 0. The van der Waals surface area contributed by atoms with E-state index in [9.17, 15) is 22.0 Å². The number of halogens is 6. The smallest absolute Gasteiger partial charge is 0.296 e. The van der Waals surface area contributed by atoms with E-state index in [2.05, 4.69) is 15.0 Å². The fourth-order valence-corrected chi connectivity index (χ4v) is 2.49. The summed E-state index contributed by atoms with van der Waals surface area (Å²) in [5.74, 6) is -7.97. The summed E-state index contributed by atoms with van der Waals surface area (Å²) in [5, 5.41) is 2.20. The van der Waals surface area contributed by atoms with Gasteiger partial charge >= 0.3 is 0 Å². The molecule has 4 atom stereocenters. The Balaban J connectivity index is 2.32. The molecule has 17 heavy (non-hydrogen) atoms. The van der Waals surface area contributed by atoms with E-state index in [4.69, 9.17) is 11.6 Å². The predicted molar refractivity (Wildman–Crippen MR) is 45.0 cm³/mol. The van der Waals surface area contributed by atoms with Crippen molar-refractivity contribution in [1.29, 1.82) is 0 Å². The summed E-state index contributed by atoms with van der Waals surface area (Å²) in [4.78, 5) is 0. The highest BCUT2D eigenvalue weighted by atomic mass is 35.5. The molecule has 0 radical (unpaired) electrons. The maximum absolute atomic E-state index is 14.4. The van der Waals surface area contributed by atoms with Crippen molar-refractivity contribution in [2.75, 3.05) is 13.2 Å². The molecule has 94 valence electrons. The first-order valence-electron chi connectivity index (χ1n) is 4.57. The molecule has 0 bridgehead atoms. The van der Waals surface area contributed by atoms with Gasteiger partial charge in [-0.2, -0.15) is 5.11 Å². The normalized spacial score (nSPS) is 56.6. The van der Waals surface area contributed by atoms with E-state index in [0.717, 1.165) is 0 Å². The van der Waals surface area contributed by atoms with E-state index in [-0.39, 0.29) is 0 Å². The van der Waals surface area contributed by atoms with Gasteiger partial charge in [-0.25, -0.2) is 22.0 Å². The third-order valence-corrected chi connectivity index (χ3v) is 3.79. The second-order valence-electron chi connectivity index (χ2n) is 4.14. The zero-order valence-corrected chi connectivity index (χ0v) is 8.74. The molecule has 1 fully saturated rings. The molecule has 3 rings (SSSR count). The van der Waals surface area contributed by atoms with Gasteiger partial charge in [-0.15, -0.1) is 5.11 Å². The number of ether oxygens (including phenoxy) is 1. The minimum absolute atomic E-state index is 0.713. The molecular formula is C8H4ClF5N2O. The summed E-state index contributed by atoms with van der Waals surface area (Å²) in [6.07, 6.45) is 0. The Morgan fingerprint density at radius 1 is 1.18 bits per heavy atom. The summed E-state index contributed by atoms with van der Waals surface area (Å²) in [5.41, 5.74) is -6.20. The molecule has 0 saturated carbocycles. The summed E-state index contributed by atoms with van der Waals surface area (Å²) < 4.78 is 73.6. The molecule has 0 aromatic rings. The molecule has 3 aliphatic rings. The Hall–Kier alpha value is -0.760. The molecule has 3 nitrogen and oxygen atoms in total. The number of hydrogen-bond acceptors (Lipinski definition) is 3. The number of fused-ring (bicyclic) bond motifs is 2. The lowest BCUT2D eigenvalue weighted by atomic mass is 9.75. The molecular weight excluding hydrogens is 271 g/mol. The molecule has 2 aliphatic heterocycles. The first-order chi connectivity index (χ1) is 7.73. The van der Waals surface area contributed by atoms with Gasteiger partial charge in [0.05, 0.1) is 6.61 Å². The highest BCUT2D eigenvalue weighted by Crippen LogP contribution is 2.67. The average Bonchev–Trinajstić information content (AvgIpc) is 3.01. The van der Waals surface area contributed by atoms with Gasteiger partial charge in [-0.3, -0.25) is 0 Å².